The van der Waals surface area contributed by atoms with Crippen LogP contribution in [-0.4, -0.2) is 69.9 Å². The summed E-state index contributed by atoms with van der Waals surface area (Å²) in [6.07, 6.45) is 6.87. The van der Waals surface area contributed by atoms with Gasteiger partial charge < -0.3 is 20.2 Å². The molecule has 1 saturated carbocycles. The molecule has 0 bridgehead atoms. The molecule has 188 valence electrons. The van der Waals surface area contributed by atoms with E-state index in [1.54, 1.807) is 0 Å². The van der Waals surface area contributed by atoms with E-state index in [9.17, 15) is 9.90 Å². The Balaban J connectivity index is 1.63. The summed E-state index contributed by atoms with van der Waals surface area (Å²) in [5.74, 6) is 0.565. The van der Waals surface area contributed by atoms with Gasteiger partial charge in [-0.05, 0) is 63.6 Å². The Morgan fingerprint density at radius 1 is 1.11 bits per heavy atom. The van der Waals surface area contributed by atoms with Crippen molar-refractivity contribution in [3.63, 3.8) is 0 Å². The quantitative estimate of drug-likeness (QED) is 0.412. The number of hydrogen-bond acceptors (Lipinski definition) is 7. The number of rotatable bonds is 6. The molecule has 8 nitrogen and oxygen atoms in total. The summed E-state index contributed by atoms with van der Waals surface area (Å²) in [6, 6.07) is 6.27. The molecule has 1 saturated heterocycles. The molecule has 2 fully saturated rings. The molecular weight excluding hydrogens is 440 g/mol. The van der Waals surface area contributed by atoms with Gasteiger partial charge in [0.1, 0.15) is 5.65 Å². The first-order valence-electron chi connectivity index (χ1n) is 13.1. The van der Waals surface area contributed by atoms with E-state index in [0.717, 1.165) is 80.3 Å². The SMILES string of the molecule is CCCCNc1ncc2c3ccc(N4CCN(C)CC4)cc3c(=O)n(C3CCC(C)(O)CC3)c2n1. The zero-order valence-corrected chi connectivity index (χ0v) is 21.3. The number of nitrogens with zero attached hydrogens (tertiary/aromatic N) is 5. The molecule has 0 atom stereocenters. The largest absolute Gasteiger partial charge is 0.390 e. The molecule has 1 aliphatic carbocycles. The van der Waals surface area contributed by atoms with Crippen LogP contribution in [0.3, 0.4) is 0 Å². The van der Waals surface area contributed by atoms with Gasteiger partial charge in [0.2, 0.25) is 5.95 Å². The maximum atomic E-state index is 14.1. The van der Waals surface area contributed by atoms with Crippen LogP contribution in [0.15, 0.2) is 29.2 Å². The summed E-state index contributed by atoms with van der Waals surface area (Å²) >= 11 is 0. The Hall–Kier alpha value is -2.71. The topological polar surface area (TPSA) is 86.5 Å². The van der Waals surface area contributed by atoms with Gasteiger partial charge in [0.05, 0.1) is 11.0 Å². The Morgan fingerprint density at radius 3 is 2.57 bits per heavy atom. The van der Waals surface area contributed by atoms with Crippen LogP contribution < -0.4 is 15.8 Å². The molecule has 0 amide bonds. The molecule has 8 heteroatoms. The second kappa shape index (κ2) is 9.74. The molecule has 0 radical (unpaired) electrons. The van der Waals surface area contributed by atoms with Crippen LogP contribution in [0.4, 0.5) is 11.6 Å². The number of unbranched alkanes of at least 4 members (excludes halogenated alkanes) is 1. The number of fused-ring (bicyclic) bond motifs is 3. The van der Waals surface area contributed by atoms with Crippen LogP contribution in [-0.2, 0) is 0 Å². The predicted molar refractivity (Wildman–Crippen MR) is 143 cm³/mol. The second-order valence-corrected chi connectivity index (χ2v) is 10.6. The molecule has 5 rings (SSSR count). The van der Waals surface area contributed by atoms with Gasteiger partial charge in [-0.25, -0.2) is 4.98 Å². The lowest BCUT2D eigenvalue weighted by molar-refractivity contribution is 0.0100. The highest BCUT2D eigenvalue weighted by molar-refractivity contribution is 6.05. The highest BCUT2D eigenvalue weighted by Gasteiger charge is 2.31. The van der Waals surface area contributed by atoms with Gasteiger partial charge in [-0.3, -0.25) is 9.36 Å². The minimum Gasteiger partial charge on any atom is -0.390 e. The van der Waals surface area contributed by atoms with Crippen LogP contribution in [0.1, 0.15) is 58.4 Å². The van der Waals surface area contributed by atoms with E-state index in [4.69, 9.17) is 4.98 Å². The zero-order valence-electron chi connectivity index (χ0n) is 21.3. The average Bonchev–Trinajstić information content (AvgIpc) is 2.85. The number of piperazine rings is 1. The minimum atomic E-state index is -0.663. The summed E-state index contributed by atoms with van der Waals surface area (Å²) in [4.78, 5) is 28.2. The van der Waals surface area contributed by atoms with E-state index in [0.29, 0.717) is 24.4 Å². The number of likely N-dealkylation sites (N-methyl/N-ethyl adjacent to an activating group) is 1. The van der Waals surface area contributed by atoms with Crippen LogP contribution in [0.2, 0.25) is 0 Å². The Bertz CT molecular complexity index is 1250. The molecule has 2 aliphatic rings. The lowest BCUT2D eigenvalue weighted by atomic mass is 9.83. The molecular formula is C27H38N6O2. The maximum Gasteiger partial charge on any atom is 0.260 e. The number of pyridine rings is 1. The van der Waals surface area contributed by atoms with E-state index < -0.39 is 5.60 Å². The summed E-state index contributed by atoms with van der Waals surface area (Å²) in [5.41, 5.74) is 1.13. The smallest absolute Gasteiger partial charge is 0.260 e. The van der Waals surface area contributed by atoms with Crippen LogP contribution >= 0.6 is 0 Å². The predicted octanol–water partition coefficient (Wildman–Crippen LogP) is 3.77. The molecule has 3 heterocycles. The molecule has 2 N–H and O–H groups in total. The lowest BCUT2D eigenvalue weighted by Gasteiger charge is -2.35. The summed E-state index contributed by atoms with van der Waals surface area (Å²) in [7, 11) is 2.15. The summed E-state index contributed by atoms with van der Waals surface area (Å²) < 4.78 is 1.90. The first kappa shape index (κ1) is 24.0. The minimum absolute atomic E-state index is 0.00762. The standard InChI is InChI=1S/C27H38N6O2/c1-4-5-12-28-26-29-18-23-21-7-6-20(32-15-13-31(3)14-16-32)17-22(21)25(34)33(24(23)30-26)19-8-10-27(2,35)11-9-19/h6-7,17-19,35H,4-5,8-16H2,1-3H3,(H,28,29,30). The molecule has 3 aromatic rings. The van der Waals surface area contributed by atoms with E-state index in [-0.39, 0.29) is 11.6 Å². The average molecular weight is 479 g/mol. The van der Waals surface area contributed by atoms with Gasteiger partial charge in [0, 0.05) is 56.0 Å². The van der Waals surface area contributed by atoms with Crippen molar-refractivity contribution in [3.05, 3.63) is 34.7 Å². The monoisotopic (exact) mass is 478 g/mol. The zero-order chi connectivity index (χ0) is 24.6. The van der Waals surface area contributed by atoms with Gasteiger partial charge in [0.25, 0.3) is 5.56 Å². The lowest BCUT2D eigenvalue weighted by Crippen LogP contribution is -2.44. The fraction of sp³-hybridized carbons (Fsp3) is 0.593. The van der Waals surface area contributed by atoms with E-state index in [2.05, 4.69) is 52.3 Å². The Labute approximate surface area is 207 Å². The van der Waals surface area contributed by atoms with Crippen molar-refractivity contribution in [2.24, 2.45) is 0 Å². The van der Waals surface area contributed by atoms with Gasteiger partial charge in [-0.2, -0.15) is 4.98 Å². The molecule has 35 heavy (non-hydrogen) atoms. The highest BCUT2D eigenvalue weighted by Crippen LogP contribution is 2.36. The summed E-state index contributed by atoms with van der Waals surface area (Å²) in [5, 5.41) is 16.4. The number of aromatic nitrogens is 3. The normalized spacial score (nSPS) is 23.8. The van der Waals surface area contributed by atoms with E-state index in [1.165, 1.54) is 0 Å². The Morgan fingerprint density at radius 2 is 1.86 bits per heavy atom. The van der Waals surface area contributed by atoms with Gasteiger partial charge in [-0.1, -0.05) is 19.4 Å². The van der Waals surface area contributed by atoms with Crippen LogP contribution in [0.5, 0.6) is 0 Å². The van der Waals surface area contributed by atoms with Crippen molar-refractivity contribution in [2.45, 2.75) is 64.0 Å². The highest BCUT2D eigenvalue weighted by atomic mass is 16.3. The van der Waals surface area contributed by atoms with Crippen LogP contribution in [0, 0.1) is 0 Å². The number of benzene rings is 1. The third-order valence-electron chi connectivity index (χ3n) is 7.82. The molecule has 0 spiro atoms. The molecule has 0 unspecified atom stereocenters. The number of nitrogens with one attached hydrogen (secondary N) is 1. The van der Waals surface area contributed by atoms with Crippen molar-refractivity contribution >= 4 is 33.4 Å². The molecule has 2 aromatic heterocycles. The summed E-state index contributed by atoms with van der Waals surface area (Å²) in [6.45, 7) is 8.80. The van der Waals surface area contributed by atoms with Gasteiger partial charge >= 0.3 is 0 Å². The van der Waals surface area contributed by atoms with Crippen molar-refractivity contribution in [1.82, 2.24) is 19.4 Å². The number of hydrogen-bond donors (Lipinski definition) is 2. The van der Waals surface area contributed by atoms with Crippen molar-refractivity contribution in [2.75, 3.05) is 50.0 Å². The first-order valence-corrected chi connectivity index (χ1v) is 13.1. The van der Waals surface area contributed by atoms with E-state index in [1.807, 2.05) is 17.7 Å². The number of aliphatic hydroxyl groups is 1. The maximum absolute atomic E-state index is 14.1. The van der Waals surface area contributed by atoms with Crippen LogP contribution in [0.25, 0.3) is 21.8 Å². The van der Waals surface area contributed by atoms with E-state index >= 15 is 0 Å². The fourth-order valence-electron chi connectivity index (χ4n) is 5.46. The molecule has 1 aliphatic heterocycles. The van der Waals surface area contributed by atoms with Gasteiger partial charge in [-0.15, -0.1) is 0 Å². The second-order valence-electron chi connectivity index (χ2n) is 10.6. The third kappa shape index (κ3) is 4.86. The number of anilines is 2. The van der Waals surface area contributed by atoms with Crippen molar-refractivity contribution in [3.8, 4) is 0 Å². The Kier molecular flexibility index (Phi) is 6.68. The molecule has 1 aromatic carbocycles. The fourth-order valence-corrected chi connectivity index (χ4v) is 5.46. The third-order valence-corrected chi connectivity index (χ3v) is 7.82. The van der Waals surface area contributed by atoms with Crippen molar-refractivity contribution < 1.29 is 5.11 Å². The first-order chi connectivity index (χ1) is 16.9. The van der Waals surface area contributed by atoms with Crippen molar-refractivity contribution in [1.29, 1.82) is 0 Å². The van der Waals surface area contributed by atoms with Gasteiger partial charge in [0.15, 0.2) is 0 Å².